The lowest BCUT2D eigenvalue weighted by Crippen LogP contribution is -2.43. The molecule has 5 nitrogen and oxygen atoms in total. The Balaban J connectivity index is 1.93. The van der Waals surface area contributed by atoms with E-state index in [0.717, 1.165) is 10.5 Å². The number of amides is 3. The molecular formula is C18H17Br2N3O2S. The number of anilines is 1. The van der Waals surface area contributed by atoms with Gasteiger partial charge in [0, 0.05) is 11.4 Å². The van der Waals surface area contributed by atoms with Crippen molar-refractivity contribution in [3.63, 3.8) is 0 Å². The third-order valence-corrected chi connectivity index (χ3v) is 5.87. The van der Waals surface area contributed by atoms with Gasteiger partial charge in [-0.15, -0.1) is 11.8 Å². The van der Waals surface area contributed by atoms with E-state index < -0.39 is 5.54 Å². The minimum atomic E-state index is -0.933. The Hall–Kier alpha value is -1.38. The van der Waals surface area contributed by atoms with Crippen LogP contribution in [0.5, 0.6) is 0 Å². The number of hydrogen-bond donors (Lipinski definition) is 0. The van der Waals surface area contributed by atoms with Crippen LogP contribution in [-0.2, 0) is 11.3 Å². The van der Waals surface area contributed by atoms with Gasteiger partial charge in [-0.25, -0.2) is 14.7 Å². The first-order valence-corrected chi connectivity index (χ1v) is 10.7. The summed E-state index contributed by atoms with van der Waals surface area (Å²) < 4.78 is 1.34. The molecular weight excluding hydrogens is 482 g/mol. The maximum absolute atomic E-state index is 13.0. The molecule has 2 heterocycles. The molecule has 0 unspecified atom stereocenters. The van der Waals surface area contributed by atoms with Crippen LogP contribution < -0.4 is 4.90 Å². The molecule has 0 saturated carbocycles. The van der Waals surface area contributed by atoms with Crippen LogP contribution in [0, 0.1) is 0 Å². The minimum absolute atomic E-state index is 0.230. The highest BCUT2D eigenvalue weighted by atomic mass is 79.9. The van der Waals surface area contributed by atoms with E-state index in [1.54, 1.807) is 42.6 Å². The summed E-state index contributed by atoms with van der Waals surface area (Å²) in [5.41, 5.74) is 0.537. The second kappa shape index (κ2) is 7.32. The summed E-state index contributed by atoms with van der Waals surface area (Å²) >= 11 is 8.33. The van der Waals surface area contributed by atoms with Gasteiger partial charge in [-0.2, -0.15) is 0 Å². The quantitative estimate of drug-likeness (QED) is 0.335. The molecule has 1 aromatic carbocycles. The number of imide groups is 1. The van der Waals surface area contributed by atoms with Crippen LogP contribution >= 0.6 is 43.6 Å². The molecule has 3 amide bonds. The monoisotopic (exact) mass is 497 g/mol. The first-order chi connectivity index (χ1) is 12.2. The van der Waals surface area contributed by atoms with E-state index in [0.29, 0.717) is 21.4 Å². The number of rotatable bonds is 4. The average molecular weight is 499 g/mol. The molecule has 8 heteroatoms. The average Bonchev–Trinajstić information content (AvgIpc) is 2.74. The van der Waals surface area contributed by atoms with Crippen molar-refractivity contribution in [1.82, 2.24) is 9.88 Å². The first kappa shape index (κ1) is 19.4. The molecule has 1 aliphatic heterocycles. The van der Waals surface area contributed by atoms with Gasteiger partial charge in [0.1, 0.15) is 14.7 Å². The van der Waals surface area contributed by atoms with Gasteiger partial charge in [0.15, 0.2) is 0 Å². The van der Waals surface area contributed by atoms with E-state index in [1.807, 2.05) is 30.5 Å². The predicted molar refractivity (Wildman–Crippen MR) is 110 cm³/mol. The third-order valence-electron chi connectivity index (χ3n) is 4.32. The summed E-state index contributed by atoms with van der Waals surface area (Å²) in [4.78, 5) is 34.1. The number of halogens is 2. The minimum Gasteiger partial charge on any atom is -0.305 e. The fourth-order valence-corrected chi connectivity index (χ4v) is 4.46. The van der Waals surface area contributed by atoms with Gasteiger partial charge in [-0.05, 0) is 93.9 Å². The third kappa shape index (κ3) is 3.54. The Bertz CT molecular complexity index is 851. The number of pyridine rings is 1. The second-order valence-electron chi connectivity index (χ2n) is 6.39. The summed E-state index contributed by atoms with van der Waals surface area (Å²) in [7, 11) is 0. The number of carbonyl (C=O) groups is 2. The Morgan fingerprint density at radius 2 is 1.65 bits per heavy atom. The van der Waals surface area contributed by atoms with Crippen molar-refractivity contribution in [1.29, 1.82) is 0 Å². The van der Waals surface area contributed by atoms with Crippen molar-refractivity contribution in [2.24, 2.45) is 0 Å². The summed E-state index contributed by atoms with van der Waals surface area (Å²) in [6.07, 6.45) is 1.98. The summed E-state index contributed by atoms with van der Waals surface area (Å²) in [5.74, 6) is -0.230. The van der Waals surface area contributed by atoms with E-state index in [2.05, 4.69) is 36.8 Å². The van der Waals surface area contributed by atoms with Crippen LogP contribution in [0.25, 0.3) is 0 Å². The van der Waals surface area contributed by atoms with Gasteiger partial charge >= 0.3 is 6.03 Å². The number of aromatic nitrogens is 1. The van der Waals surface area contributed by atoms with Gasteiger partial charge in [-0.1, -0.05) is 0 Å². The van der Waals surface area contributed by atoms with Crippen molar-refractivity contribution in [3.05, 3.63) is 51.2 Å². The Labute approximate surface area is 173 Å². The zero-order valence-electron chi connectivity index (χ0n) is 14.5. The van der Waals surface area contributed by atoms with Crippen LogP contribution in [0.2, 0.25) is 0 Å². The van der Waals surface area contributed by atoms with Crippen molar-refractivity contribution >= 4 is 61.2 Å². The zero-order valence-corrected chi connectivity index (χ0v) is 18.5. The molecule has 2 aromatic rings. The zero-order chi connectivity index (χ0) is 19.1. The Morgan fingerprint density at radius 1 is 1.08 bits per heavy atom. The van der Waals surface area contributed by atoms with Crippen LogP contribution in [0.1, 0.15) is 19.4 Å². The highest BCUT2D eigenvalue weighted by Gasteiger charge is 2.51. The number of thioether (sulfide) groups is 1. The van der Waals surface area contributed by atoms with Crippen molar-refractivity contribution in [2.45, 2.75) is 30.8 Å². The van der Waals surface area contributed by atoms with Crippen LogP contribution in [0.3, 0.4) is 0 Å². The van der Waals surface area contributed by atoms with E-state index in [-0.39, 0.29) is 11.9 Å². The number of benzene rings is 1. The standard InChI is InChI=1S/C18H17Br2N3O2S/c1-18(2)16(24)23(12-4-6-13(26-3)7-5-12)17(25)22(18)10-11-8-14(19)21-15(20)9-11/h4-9H,10H2,1-3H3. The van der Waals surface area contributed by atoms with Gasteiger partial charge in [0.05, 0.1) is 5.69 Å². The van der Waals surface area contributed by atoms with E-state index >= 15 is 0 Å². The van der Waals surface area contributed by atoms with E-state index in [9.17, 15) is 9.59 Å². The van der Waals surface area contributed by atoms with E-state index in [4.69, 9.17) is 0 Å². The fraction of sp³-hybridized carbons (Fsp3) is 0.278. The fourth-order valence-electron chi connectivity index (χ4n) is 2.85. The molecule has 0 spiro atoms. The number of carbonyl (C=O) groups excluding carboxylic acids is 2. The van der Waals surface area contributed by atoms with Crippen molar-refractivity contribution in [2.75, 3.05) is 11.2 Å². The van der Waals surface area contributed by atoms with Crippen LogP contribution in [0.4, 0.5) is 10.5 Å². The molecule has 0 radical (unpaired) electrons. The molecule has 0 bridgehead atoms. The maximum Gasteiger partial charge on any atom is 0.332 e. The molecule has 3 rings (SSSR count). The number of hydrogen-bond acceptors (Lipinski definition) is 4. The van der Waals surface area contributed by atoms with Crippen LogP contribution in [-0.4, -0.2) is 33.6 Å². The van der Waals surface area contributed by atoms with Crippen molar-refractivity contribution in [3.8, 4) is 0 Å². The second-order valence-corrected chi connectivity index (χ2v) is 8.89. The lowest BCUT2D eigenvalue weighted by atomic mass is 10.0. The van der Waals surface area contributed by atoms with E-state index in [1.165, 1.54) is 4.90 Å². The lowest BCUT2D eigenvalue weighted by Gasteiger charge is -2.27. The molecule has 0 N–H and O–H groups in total. The number of urea groups is 1. The molecule has 26 heavy (non-hydrogen) atoms. The highest BCUT2D eigenvalue weighted by molar-refractivity contribution is 9.11. The molecule has 1 saturated heterocycles. The smallest absolute Gasteiger partial charge is 0.305 e. The molecule has 0 atom stereocenters. The molecule has 1 fully saturated rings. The lowest BCUT2D eigenvalue weighted by molar-refractivity contribution is -0.123. The highest BCUT2D eigenvalue weighted by Crippen LogP contribution is 2.34. The molecule has 1 aromatic heterocycles. The van der Waals surface area contributed by atoms with Gasteiger partial charge in [-0.3, -0.25) is 4.79 Å². The molecule has 0 aliphatic carbocycles. The summed E-state index contributed by atoms with van der Waals surface area (Å²) in [6.45, 7) is 3.86. The normalized spacial score (nSPS) is 16.5. The van der Waals surface area contributed by atoms with Crippen molar-refractivity contribution < 1.29 is 9.59 Å². The first-order valence-electron chi connectivity index (χ1n) is 7.86. The Kier molecular flexibility index (Phi) is 5.46. The largest absolute Gasteiger partial charge is 0.332 e. The summed E-state index contributed by atoms with van der Waals surface area (Å²) in [6, 6.07) is 10.8. The number of nitrogens with zero attached hydrogens (tertiary/aromatic N) is 3. The molecule has 1 aliphatic rings. The van der Waals surface area contributed by atoms with Gasteiger partial charge in [0.2, 0.25) is 0 Å². The van der Waals surface area contributed by atoms with Crippen LogP contribution in [0.15, 0.2) is 50.5 Å². The Morgan fingerprint density at radius 3 is 2.19 bits per heavy atom. The van der Waals surface area contributed by atoms with Gasteiger partial charge in [0.25, 0.3) is 5.91 Å². The molecule has 136 valence electrons. The summed E-state index contributed by atoms with van der Waals surface area (Å²) in [5, 5.41) is 0. The maximum atomic E-state index is 13.0. The predicted octanol–water partition coefficient (Wildman–Crippen LogP) is 5.08. The topological polar surface area (TPSA) is 53.5 Å². The van der Waals surface area contributed by atoms with Gasteiger partial charge < -0.3 is 4.90 Å². The SMILES string of the molecule is CSc1ccc(N2C(=O)N(Cc3cc(Br)nc(Br)c3)C(C)(C)C2=O)cc1.